The van der Waals surface area contributed by atoms with Gasteiger partial charge in [-0.1, -0.05) is 31.2 Å². The van der Waals surface area contributed by atoms with Crippen LogP contribution in [-0.4, -0.2) is 71.8 Å². The summed E-state index contributed by atoms with van der Waals surface area (Å²) in [5.74, 6) is -0.862. The van der Waals surface area contributed by atoms with Crippen LogP contribution in [0, 0.1) is 11.7 Å². The zero-order chi connectivity index (χ0) is 29.5. The zero-order valence-corrected chi connectivity index (χ0v) is 23.1. The molecule has 0 spiro atoms. The molecule has 0 bridgehead atoms. The molecule has 0 aromatic heterocycles. The quantitative estimate of drug-likeness (QED) is 0.327. The molecular formula is C30H34FN5O5. The molecule has 0 unspecified atom stereocenters. The van der Waals surface area contributed by atoms with Crippen molar-refractivity contribution in [2.75, 3.05) is 42.7 Å². The maximum absolute atomic E-state index is 13.6. The van der Waals surface area contributed by atoms with E-state index in [2.05, 4.69) is 16.0 Å². The number of aliphatic hydroxyl groups is 1. The second-order valence-corrected chi connectivity index (χ2v) is 10.1. The van der Waals surface area contributed by atoms with Crippen molar-refractivity contribution >= 4 is 35.0 Å². The van der Waals surface area contributed by atoms with Crippen molar-refractivity contribution in [3.05, 3.63) is 84.2 Å². The van der Waals surface area contributed by atoms with E-state index >= 15 is 0 Å². The van der Waals surface area contributed by atoms with E-state index in [-0.39, 0.29) is 48.5 Å². The molecule has 216 valence electrons. The van der Waals surface area contributed by atoms with Crippen molar-refractivity contribution in [3.63, 3.8) is 0 Å². The Labute approximate surface area is 238 Å². The fourth-order valence-electron chi connectivity index (χ4n) is 4.47. The standard InChI is InChI=1S/C30H34FN5O5/c1-19-16-36(20(2)18-37)28(38)24-10-7-11-25(34-29(39)32-22-8-5-4-6-9-22)27(24)41-26(19)17-35(3)30(40)33-23-14-12-21(31)13-15-23/h4-15,19-20,26,37H,16-18H2,1-3H3,(H,33,40)(H2,32,34,39)/t19-,20-,26-/m1/s1. The molecule has 10 nitrogen and oxygen atoms in total. The molecule has 5 amide bonds. The molecule has 0 saturated carbocycles. The maximum atomic E-state index is 13.6. The summed E-state index contributed by atoms with van der Waals surface area (Å²) in [5.41, 5.74) is 1.52. The van der Waals surface area contributed by atoms with E-state index in [1.54, 1.807) is 61.3 Å². The lowest BCUT2D eigenvalue weighted by Crippen LogP contribution is -2.50. The van der Waals surface area contributed by atoms with Crippen LogP contribution in [0.5, 0.6) is 5.75 Å². The summed E-state index contributed by atoms with van der Waals surface area (Å²) in [7, 11) is 1.60. The van der Waals surface area contributed by atoms with E-state index in [4.69, 9.17) is 4.74 Å². The highest BCUT2D eigenvalue weighted by atomic mass is 19.1. The van der Waals surface area contributed by atoms with Crippen molar-refractivity contribution in [2.24, 2.45) is 5.92 Å². The number of aliphatic hydroxyl groups excluding tert-OH is 1. The van der Waals surface area contributed by atoms with Gasteiger partial charge in [0.15, 0.2) is 5.75 Å². The van der Waals surface area contributed by atoms with Gasteiger partial charge < -0.3 is 35.6 Å². The summed E-state index contributed by atoms with van der Waals surface area (Å²) < 4.78 is 19.7. The number of carbonyl (C=O) groups is 3. The fourth-order valence-corrected chi connectivity index (χ4v) is 4.47. The van der Waals surface area contributed by atoms with Crippen LogP contribution in [0.1, 0.15) is 24.2 Å². The lowest BCUT2D eigenvalue weighted by molar-refractivity contribution is 0.0373. The summed E-state index contributed by atoms with van der Waals surface area (Å²) in [6, 6.07) is 17.8. The van der Waals surface area contributed by atoms with Gasteiger partial charge in [-0.2, -0.15) is 0 Å². The molecule has 41 heavy (non-hydrogen) atoms. The Balaban J connectivity index is 1.61. The van der Waals surface area contributed by atoms with E-state index < -0.39 is 30.0 Å². The Morgan fingerprint density at radius 3 is 2.39 bits per heavy atom. The monoisotopic (exact) mass is 563 g/mol. The van der Waals surface area contributed by atoms with Crippen LogP contribution in [0.25, 0.3) is 0 Å². The predicted octanol–water partition coefficient (Wildman–Crippen LogP) is 4.85. The van der Waals surface area contributed by atoms with Crippen molar-refractivity contribution in [1.29, 1.82) is 0 Å². The van der Waals surface area contributed by atoms with E-state index in [1.807, 2.05) is 13.0 Å². The largest absolute Gasteiger partial charge is 0.485 e. The molecule has 1 aliphatic rings. The van der Waals surface area contributed by atoms with E-state index in [9.17, 15) is 23.9 Å². The van der Waals surface area contributed by atoms with Gasteiger partial charge in [0.25, 0.3) is 5.91 Å². The van der Waals surface area contributed by atoms with Gasteiger partial charge in [0.1, 0.15) is 11.9 Å². The third-order valence-electron chi connectivity index (χ3n) is 6.87. The Kier molecular flexibility index (Phi) is 9.41. The molecular weight excluding hydrogens is 529 g/mol. The summed E-state index contributed by atoms with van der Waals surface area (Å²) in [5, 5.41) is 18.1. The minimum absolute atomic E-state index is 0.133. The normalized spacial score (nSPS) is 17.3. The molecule has 0 fully saturated rings. The lowest BCUT2D eigenvalue weighted by Gasteiger charge is -2.38. The number of fused-ring (bicyclic) bond motifs is 1. The molecule has 0 aliphatic carbocycles. The number of nitrogens with zero attached hydrogens (tertiary/aromatic N) is 2. The fraction of sp³-hybridized carbons (Fsp3) is 0.300. The summed E-state index contributed by atoms with van der Waals surface area (Å²) in [6.45, 7) is 3.80. The number of hydrogen-bond acceptors (Lipinski definition) is 5. The first kappa shape index (κ1) is 29.3. The molecule has 3 atom stereocenters. The molecule has 4 N–H and O–H groups in total. The van der Waals surface area contributed by atoms with E-state index in [1.165, 1.54) is 29.2 Å². The van der Waals surface area contributed by atoms with Gasteiger partial charge in [-0.05, 0) is 55.5 Å². The molecule has 1 aliphatic heterocycles. The van der Waals surface area contributed by atoms with Gasteiger partial charge in [0, 0.05) is 30.9 Å². The molecule has 0 saturated heterocycles. The van der Waals surface area contributed by atoms with Crippen molar-refractivity contribution < 1.29 is 28.6 Å². The van der Waals surface area contributed by atoms with Crippen LogP contribution < -0.4 is 20.7 Å². The molecule has 4 rings (SSSR count). The number of rotatable bonds is 7. The minimum atomic E-state index is -0.598. The van der Waals surface area contributed by atoms with Crippen LogP contribution in [-0.2, 0) is 0 Å². The lowest BCUT2D eigenvalue weighted by atomic mass is 9.99. The van der Waals surface area contributed by atoms with E-state index in [0.29, 0.717) is 11.4 Å². The number of benzene rings is 3. The van der Waals surface area contributed by atoms with Crippen molar-refractivity contribution in [1.82, 2.24) is 9.80 Å². The Morgan fingerprint density at radius 2 is 1.71 bits per heavy atom. The SMILES string of the molecule is C[C@@H]1CN([C@H](C)CO)C(=O)c2cccc(NC(=O)Nc3ccccc3)c2O[C@@H]1CN(C)C(=O)Nc1ccc(F)cc1. The first-order valence-corrected chi connectivity index (χ1v) is 13.3. The maximum Gasteiger partial charge on any atom is 0.323 e. The third-order valence-corrected chi connectivity index (χ3v) is 6.87. The Morgan fingerprint density at radius 1 is 1.02 bits per heavy atom. The highest BCUT2D eigenvalue weighted by Crippen LogP contribution is 2.35. The topological polar surface area (TPSA) is 123 Å². The smallest absolute Gasteiger partial charge is 0.323 e. The first-order chi connectivity index (χ1) is 19.7. The predicted molar refractivity (Wildman–Crippen MR) is 155 cm³/mol. The minimum Gasteiger partial charge on any atom is -0.485 e. The molecule has 11 heteroatoms. The zero-order valence-electron chi connectivity index (χ0n) is 23.1. The summed E-state index contributed by atoms with van der Waals surface area (Å²) >= 11 is 0. The number of ether oxygens (including phenoxy) is 1. The number of urea groups is 2. The summed E-state index contributed by atoms with van der Waals surface area (Å²) in [4.78, 5) is 42.4. The van der Waals surface area contributed by atoms with Gasteiger partial charge in [0.2, 0.25) is 0 Å². The molecule has 3 aromatic carbocycles. The number of nitrogens with one attached hydrogen (secondary N) is 3. The van der Waals surface area contributed by atoms with Crippen LogP contribution >= 0.6 is 0 Å². The molecule has 3 aromatic rings. The van der Waals surface area contributed by atoms with Crippen LogP contribution in [0.3, 0.4) is 0 Å². The number of carbonyl (C=O) groups excluding carboxylic acids is 3. The average molecular weight is 564 g/mol. The number of hydrogen-bond donors (Lipinski definition) is 4. The summed E-state index contributed by atoms with van der Waals surface area (Å²) in [6.07, 6.45) is -0.598. The van der Waals surface area contributed by atoms with Crippen LogP contribution in [0.15, 0.2) is 72.8 Å². The number of para-hydroxylation sites is 2. The third kappa shape index (κ3) is 7.31. The molecule has 1 heterocycles. The number of likely N-dealkylation sites (N-methyl/N-ethyl adjacent to an activating group) is 1. The van der Waals surface area contributed by atoms with Crippen LogP contribution in [0.4, 0.5) is 31.0 Å². The van der Waals surface area contributed by atoms with Gasteiger partial charge >= 0.3 is 12.1 Å². The Hall–Kier alpha value is -4.64. The Bertz CT molecular complexity index is 1370. The highest BCUT2D eigenvalue weighted by Gasteiger charge is 2.35. The highest BCUT2D eigenvalue weighted by molar-refractivity contribution is 6.04. The van der Waals surface area contributed by atoms with Gasteiger partial charge in [-0.3, -0.25) is 4.79 Å². The second-order valence-electron chi connectivity index (χ2n) is 10.1. The second kappa shape index (κ2) is 13.1. The number of anilines is 3. The molecule has 0 radical (unpaired) electrons. The first-order valence-electron chi connectivity index (χ1n) is 13.3. The average Bonchev–Trinajstić information content (AvgIpc) is 2.96. The van der Waals surface area contributed by atoms with Gasteiger partial charge in [-0.15, -0.1) is 0 Å². The van der Waals surface area contributed by atoms with Gasteiger partial charge in [-0.25, -0.2) is 14.0 Å². The van der Waals surface area contributed by atoms with Crippen LogP contribution in [0.2, 0.25) is 0 Å². The number of halogens is 1. The van der Waals surface area contributed by atoms with Crippen molar-refractivity contribution in [2.45, 2.75) is 26.0 Å². The van der Waals surface area contributed by atoms with Gasteiger partial charge in [0.05, 0.1) is 30.4 Å². The van der Waals surface area contributed by atoms with E-state index in [0.717, 1.165) is 0 Å². The number of amides is 5. The van der Waals surface area contributed by atoms with Crippen molar-refractivity contribution in [3.8, 4) is 5.75 Å².